The number of morpholine rings is 1. The lowest BCUT2D eigenvalue weighted by Gasteiger charge is -2.28. The number of nitrogens with zero attached hydrogens (tertiary/aromatic N) is 2. The van der Waals surface area contributed by atoms with Crippen LogP contribution in [-0.2, 0) is 17.7 Å². The molecular weight excluding hydrogens is 250 g/mol. The third-order valence-electron chi connectivity index (χ3n) is 3.48. The molecule has 1 aliphatic heterocycles. The Morgan fingerprint density at radius 3 is 2.70 bits per heavy atom. The highest BCUT2D eigenvalue weighted by molar-refractivity contribution is 5.43. The van der Waals surface area contributed by atoms with Gasteiger partial charge in [0.1, 0.15) is 5.82 Å². The summed E-state index contributed by atoms with van der Waals surface area (Å²) in [4.78, 5) is 7.15. The van der Waals surface area contributed by atoms with Gasteiger partial charge in [0, 0.05) is 31.4 Å². The summed E-state index contributed by atoms with van der Waals surface area (Å²) >= 11 is 0. The number of aryl methyl sites for hydroxylation is 1. The fourth-order valence-electron chi connectivity index (χ4n) is 2.40. The van der Waals surface area contributed by atoms with Crippen molar-refractivity contribution >= 4 is 5.82 Å². The predicted octanol–water partition coefficient (Wildman–Crippen LogP) is 2.37. The van der Waals surface area contributed by atoms with Crippen molar-refractivity contribution in [1.82, 2.24) is 10.3 Å². The number of ether oxygens (including phenoxy) is 1. The number of hydrogen-bond acceptors (Lipinski definition) is 4. The van der Waals surface area contributed by atoms with E-state index < -0.39 is 0 Å². The second-order valence-corrected chi connectivity index (χ2v) is 5.71. The van der Waals surface area contributed by atoms with Gasteiger partial charge in [0.2, 0.25) is 0 Å². The van der Waals surface area contributed by atoms with Gasteiger partial charge < -0.3 is 15.0 Å². The summed E-state index contributed by atoms with van der Waals surface area (Å²) in [6.45, 7) is 11.0. The number of rotatable bonds is 6. The third kappa shape index (κ3) is 4.46. The van der Waals surface area contributed by atoms with Gasteiger partial charge >= 0.3 is 0 Å². The van der Waals surface area contributed by atoms with E-state index in [4.69, 9.17) is 9.72 Å². The van der Waals surface area contributed by atoms with Gasteiger partial charge in [-0.1, -0.05) is 27.2 Å². The lowest BCUT2D eigenvalue weighted by atomic mass is 10.1. The van der Waals surface area contributed by atoms with Gasteiger partial charge in [0.15, 0.2) is 0 Å². The Morgan fingerprint density at radius 2 is 2.05 bits per heavy atom. The van der Waals surface area contributed by atoms with E-state index in [1.807, 2.05) is 0 Å². The minimum Gasteiger partial charge on any atom is -0.378 e. The van der Waals surface area contributed by atoms with Crippen LogP contribution >= 0.6 is 0 Å². The van der Waals surface area contributed by atoms with Crippen molar-refractivity contribution in [2.24, 2.45) is 0 Å². The van der Waals surface area contributed by atoms with Crippen LogP contribution in [0.5, 0.6) is 0 Å². The zero-order chi connectivity index (χ0) is 14.4. The van der Waals surface area contributed by atoms with E-state index in [9.17, 15) is 0 Å². The number of nitrogens with one attached hydrogen (secondary N) is 1. The van der Waals surface area contributed by atoms with Crippen LogP contribution in [0, 0.1) is 0 Å². The van der Waals surface area contributed by atoms with Crippen LogP contribution in [0.1, 0.15) is 38.4 Å². The van der Waals surface area contributed by atoms with Crippen LogP contribution in [-0.4, -0.2) is 37.3 Å². The lowest BCUT2D eigenvalue weighted by Crippen LogP contribution is -2.37. The Morgan fingerprint density at radius 1 is 1.30 bits per heavy atom. The molecule has 0 radical (unpaired) electrons. The molecule has 4 nitrogen and oxygen atoms in total. The molecule has 0 atom stereocenters. The SMILES string of the molecule is CCCc1cc(CNC(C)C)cc(N2CCOCC2)n1. The van der Waals surface area contributed by atoms with Crippen molar-refractivity contribution in [2.75, 3.05) is 31.2 Å². The van der Waals surface area contributed by atoms with E-state index in [0.29, 0.717) is 6.04 Å². The minimum absolute atomic E-state index is 0.504. The standard InChI is InChI=1S/C16H27N3O/c1-4-5-15-10-14(12-17-13(2)3)11-16(18-15)19-6-8-20-9-7-19/h10-11,13,17H,4-9,12H2,1-3H3. The maximum absolute atomic E-state index is 5.43. The van der Waals surface area contributed by atoms with Crippen LogP contribution in [0.2, 0.25) is 0 Å². The molecule has 0 unspecified atom stereocenters. The fraction of sp³-hybridized carbons (Fsp3) is 0.688. The third-order valence-corrected chi connectivity index (χ3v) is 3.48. The van der Waals surface area contributed by atoms with Crippen LogP contribution in [0.4, 0.5) is 5.82 Å². The van der Waals surface area contributed by atoms with Gasteiger partial charge in [0.05, 0.1) is 13.2 Å². The monoisotopic (exact) mass is 277 g/mol. The lowest BCUT2D eigenvalue weighted by molar-refractivity contribution is 0.122. The number of aromatic nitrogens is 1. The molecule has 1 aromatic heterocycles. The van der Waals surface area contributed by atoms with Crippen molar-refractivity contribution in [3.63, 3.8) is 0 Å². The normalized spacial score (nSPS) is 15.9. The first-order valence-electron chi connectivity index (χ1n) is 7.75. The van der Waals surface area contributed by atoms with Crippen LogP contribution in [0.15, 0.2) is 12.1 Å². The maximum Gasteiger partial charge on any atom is 0.129 e. The summed E-state index contributed by atoms with van der Waals surface area (Å²) in [5, 5.41) is 3.49. The van der Waals surface area contributed by atoms with Crippen molar-refractivity contribution < 1.29 is 4.74 Å². The molecule has 0 saturated carbocycles. The largest absolute Gasteiger partial charge is 0.378 e. The van der Waals surface area contributed by atoms with E-state index in [2.05, 4.69) is 43.1 Å². The first-order valence-corrected chi connectivity index (χ1v) is 7.75. The Balaban J connectivity index is 2.15. The Hall–Kier alpha value is -1.13. The van der Waals surface area contributed by atoms with Gasteiger partial charge in [-0.15, -0.1) is 0 Å². The molecule has 1 fully saturated rings. The molecular formula is C16H27N3O. The van der Waals surface area contributed by atoms with E-state index >= 15 is 0 Å². The van der Waals surface area contributed by atoms with Gasteiger partial charge in [0.25, 0.3) is 0 Å². The molecule has 2 rings (SSSR count). The molecule has 0 bridgehead atoms. The fourth-order valence-corrected chi connectivity index (χ4v) is 2.40. The molecule has 0 aliphatic carbocycles. The minimum atomic E-state index is 0.504. The average Bonchev–Trinajstić information content (AvgIpc) is 2.46. The van der Waals surface area contributed by atoms with E-state index in [1.165, 1.54) is 11.3 Å². The second kappa shape index (κ2) is 7.60. The summed E-state index contributed by atoms with van der Waals surface area (Å²) in [6.07, 6.45) is 2.18. The summed E-state index contributed by atoms with van der Waals surface area (Å²) < 4.78 is 5.43. The molecule has 1 saturated heterocycles. The van der Waals surface area contributed by atoms with Gasteiger partial charge in [-0.05, 0) is 24.1 Å². The van der Waals surface area contributed by atoms with Crippen molar-refractivity contribution in [3.05, 3.63) is 23.4 Å². The predicted molar refractivity (Wildman–Crippen MR) is 83.2 cm³/mol. The second-order valence-electron chi connectivity index (χ2n) is 5.71. The molecule has 20 heavy (non-hydrogen) atoms. The number of hydrogen-bond donors (Lipinski definition) is 1. The Bertz CT molecular complexity index is 414. The molecule has 0 spiro atoms. The van der Waals surface area contributed by atoms with Crippen LogP contribution < -0.4 is 10.2 Å². The summed E-state index contributed by atoms with van der Waals surface area (Å²) in [7, 11) is 0. The summed E-state index contributed by atoms with van der Waals surface area (Å²) in [5.41, 5.74) is 2.54. The zero-order valence-electron chi connectivity index (χ0n) is 13.0. The zero-order valence-corrected chi connectivity index (χ0v) is 13.0. The molecule has 0 aromatic carbocycles. The van der Waals surface area contributed by atoms with Crippen LogP contribution in [0.3, 0.4) is 0 Å². The number of pyridine rings is 1. The highest BCUT2D eigenvalue weighted by atomic mass is 16.5. The highest BCUT2D eigenvalue weighted by Crippen LogP contribution is 2.17. The van der Waals surface area contributed by atoms with E-state index in [-0.39, 0.29) is 0 Å². The average molecular weight is 277 g/mol. The van der Waals surface area contributed by atoms with Gasteiger partial charge in [-0.25, -0.2) is 4.98 Å². The Kier molecular flexibility index (Phi) is 5.80. The summed E-state index contributed by atoms with van der Waals surface area (Å²) in [5.74, 6) is 1.11. The maximum atomic E-state index is 5.43. The van der Waals surface area contributed by atoms with Crippen molar-refractivity contribution in [3.8, 4) is 0 Å². The first kappa shape index (κ1) is 15.3. The molecule has 112 valence electrons. The van der Waals surface area contributed by atoms with Crippen molar-refractivity contribution in [1.29, 1.82) is 0 Å². The number of anilines is 1. The van der Waals surface area contributed by atoms with E-state index in [1.54, 1.807) is 0 Å². The quantitative estimate of drug-likeness (QED) is 0.866. The molecule has 4 heteroatoms. The molecule has 2 heterocycles. The van der Waals surface area contributed by atoms with Gasteiger partial charge in [-0.3, -0.25) is 0 Å². The molecule has 1 N–H and O–H groups in total. The van der Waals surface area contributed by atoms with Crippen LogP contribution in [0.25, 0.3) is 0 Å². The topological polar surface area (TPSA) is 37.4 Å². The molecule has 0 amide bonds. The van der Waals surface area contributed by atoms with Gasteiger partial charge in [-0.2, -0.15) is 0 Å². The Labute approximate surface area is 122 Å². The summed E-state index contributed by atoms with van der Waals surface area (Å²) in [6, 6.07) is 4.97. The van der Waals surface area contributed by atoms with E-state index in [0.717, 1.165) is 51.5 Å². The smallest absolute Gasteiger partial charge is 0.129 e. The first-order chi connectivity index (χ1) is 9.69. The molecule has 1 aliphatic rings. The highest BCUT2D eigenvalue weighted by Gasteiger charge is 2.14. The molecule has 1 aromatic rings. The van der Waals surface area contributed by atoms with Crippen molar-refractivity contribution in [2.45, 2.75) is 46.2 Å².